The molecule has 0 radical (unpaired) electrons. The van der Waals surface area contributed by atoms with Crippen LogP contribution in [0.1, 0.15) is 20.3 Å². The van der Waals surface area contributed by atoms with Gasteiger partial charge in [0.25, 0.3) is 0 Å². The first-order valence-corrected chi connectivity index (χ1v) is 5.34. The van der Waals surface area contributed by atoms with Gasteiger partial charge in [-0.25, -0.2) is 0 Å². The minimum atomic E-state index is -0.485. The fourth-order valence-corrected chi connectivity index (χ4v) is 1.48. The van der Waals surface area contributed by atoms with E-state index < -0.39 is 5.54 Å². The minimum Gasteiger partial charge on any atom is -0.368 e. The minimum absolute atomic E-state index is 0.485. The third-order valence-corrected chi connectivity index (χ3v) is 2.69. The van der Waals surface area contributed by atoms with Gasteiger partial charge in [0.2, 0.25) is 0 Å². The van der Waals surface area contributed by atoms with Crippen molar-refractivity contribution in [2.24, 2.45) is 0 Å². The van der Waals surface area contributed by atoms with E-state index in [-0.39, 0.29) is 0 Å². The second-order valence-electron chi connectivity index (χ2n) is 3.43. The molecular weight excluding hydrogens is 240 g/mol. The van der Waals surface area contributed by atoms with E-state index in [1.165, 1.54) is 0 Å². The predicted molar refractivity (Wildman–Crippen MR) is 62.1 cm³/mol. The van der Waals surface area contributed by atoms with Crippen LogP contribution in [0.3, 0.4) is 0 Å². The van der Waals surface area contributed by atoms with Gasteiger partial charge in [-0.15, -0.1) is 0 Å². The highest BCUT2D eigenvalue weighted by Crippen LogP contribution is 2.21. The molecule has 1 aromatic carbocycles. The number of nitriles is 1. The van der Waals surface area contributed by atoms with Crippen LogP contribution in [0, 0.1) is 11.3 Å². The van der Waals surface area contributed by atoms with Crippen LogP contribution in [-0.4, -0.2) is 5.54 Å². The Morgan fingerprint density at radius 2 is 2.29 bits per heavy atom. The van der Waals surface area contributed by atoms with Gasteiger partial charge in [-0.05, 0) is 31.5 Å². The fraction of sp³-hybridized carbons (Fsp3) is 0.364. The van der Waals surface area contributed by atoms with Gasteiger partial charge in [0.05, 0.1) is 6.07 Å². The molecule has 0 amide bonds. The van der Waals surface area contributed by atoms with E-state index in [0.29, 0.717) is 0 Å². The smallest absolute Gasteiger partial charge is 0.122 e. The highest BCUT2D eigenvalue weighted by Gasteiger charge is 2.20. The molecule has 0 aliphatic heterocycles. The van der Waals surface area contributed by atoms with E-state index >= 15 is 0 Å². The van der Waals surface area contributed by atoms with Crippen LogP contribution in [0.5, 0.6) is 0 Å². The summed E-state index contributed by atoms with van der Waals surface area (Å²) in [6.07, 6.45) is 0.774. The van der Waals surface area contributed by atoms with Gasteiger partial charge in [-0.1, -0.05) is 28.9 Å². The van der Waals surface area contributed by atoms with Crippen molar-refractivity contribution in [3.63, 3.8) is 0 Å². The van der Waals surface area contributed by atoms with Gasteiger partial charge < -0.3 is 5.32 Å². The van der Waals surface area contributed by atoms with Crippen LogP contribution in [0.15, 0.2) is 28.7 Å². The summed E-state index contributed by atoms with van der Waals surface area (Å²) in [7, 11) is 0. The van der Waals surface area contributed by atoms with Crippen molar-refractivity contribution in [1.29, 1.82) is 5.26 Å². The Hall–Kier alpha value is -1.01. The Labute approximate surface area is 93.1 Å². The van der Waals surface area contributed by atoms with Crippen LogP contribution in [0.2, 0.25) is 0 Å². The zero-order valence-electron chi connectivity index (χ0n) is 8.34. The number of anilines is 1. The van der Waals surface area contributed by atoms with Crippen molar-refractivity contribution in [3.8, 4) is 6.07 Å². The predicted octanol–water partition coefficient (Wildman–Crippen LogP) is 3.55. The Bertz CT molecular complexity index is 357. The average Bonchev–Trinajstić information content (AvgIpc) is 2.18. The summed E-state index contributed by atoms with van der Waals surface area (Å²) in [6, 6.07) is 10.1. The first-order chi connectivity index (χ1) is 6.59. The number of halogens is 1. The average molecular weight is 253 g/mol. The second-order valence-corrected chi connectivity index (χ2v) is 4.35. The lowest BCUT2D eigenvalue weighted by Gasteiger charge is -2.22. The summed E-state index contributed by atoms with van der Waals surface area (Å²) >= 11 is 3.39. The van der Waals surface area contributed by atoms with Crippen LogP contribution in [-0.2, 0) is 0 Å². The molecule has 14 heavy (non-hydrogen) atoms. The van der Waals surface area contributed by atoms with Gasteiger partial charge in [-0.2, -0.15) is 5.26 Å². The maximum absolute atomic E-state index is 8.99. The molecule has 0 aliphatic rings. The molecule has 1 atom stereocenters. The Balaban J connectivity index is 2.84. The highest BCUT2D eigenvalue weighted by atomic mass is 79.9. The van der Waals surface area contributed by atoms with Gasteiger partial charge in [0.15, 0.2) is 0 Å². The number of hydrogen-bond donors (Lipinski definition) is 1. The molecule has 0 spiro atoms. The molecule has 0 fully saturated rings. The van der Waals surface area contributed by atoms with Crippen LogP contribution in [0.25, 0.3) is 0 Å². The number of benzene rings is 1. The number of rotatable bonds is 3. The quantitative estimate of drug-likeness (QED) is 0.894. The van der Waals surface area contributed by atoms with E-state index in [4.69, 9.17) is 5.26 Å². The van der Waals surface area contributed by atoms with Crippen molar-refractivity contribution < 1.29 is 0 Å². The fourth-order valence-electron chi connectivity index (χ4n) is 1.08. The molecule has 1 rings (SSSR count). The van der Waals surface area contributed by atoms with E-state index in [9.17, 15) is 0 Å². The Morgan fingerprint density at radius 1 is 1.57 bits per heavy atom. The molecule has 0 saturated carbocycles. The summed E-state index contributed by atoms with van der Waals surface area (Å²) in [4.78, 5) is 0. The van der Waals surface area contributed by atoms with E-state index in [0.717, 1.165) is 16.6 Å². The summed E-state index contributed by atoms with van der Waals surface area (Å²) < 4.78 is 1.01. The molecule has 0 saturated heterocycles. The molecule has 1 N–H and O–H groups in total. The second kappa shape index (κ2) is 4.47. The standard InChI is InChI=1S/C11H13BrN2/c1-3-11(2,8-13)14-10-6-4-5-9(12)7-10/h4-7,14H,3H2,1-2H3. The summed E-state index contributed by atoms with van der Waals surface area (Å²) in [5, 5.41) is 12.2. The van der Waals surface area contributed by atoms with Gasteiger partial charge in [0, 0.05) is 10.2 Å². The monoisotopic (exact) mass is 252 g/mol. The van der Waals surface area contributed by atoms with Crippen molar-refractivity contribution >= 4 is 21.6 Å². The van der Waals surface area contributed by atoms with Crippen molar-refractivity contribution in [2.75, 3.05) is 5.32 Å². The third-order valence-electron chi connectivity index (χ3n) is 2.20. The maximum Gasteiger partial charge on any atom is 0.122 e. The van der Waals surface area contributed by atoms with Crippen LogP contribution >= 0.6 is 15.9 Å². The van der Waals surface area contributed by atoms with Crippen molar-refractivity contribution in [3.05, 3.63) is 28.7 Å². The molecule has 0 heterocycles. The zero-order valence-corrected chi connectivity index (χ0v) is 9.93. The molecule has 1 unspecified atom stereocenters. The van der Waals surface area contributed by atoms with Crippen LogP contribution in [0.4, 0.5) is 5.69 Å². The molecular formula is C11H13BrN2. The van der Waals surface area contributed by atoms with E-state index in [2.05, 4.69) is 27.3 Å². The maximum atomic E-state index is 8.99. The third kappa shape index (κ3) is 2.74. The highest BCUT2D eigenvalue weighted by molar-refractivity contribution is 9.10. The number of nitrogens with zero attached hydrogens (tertiary/aromatic N) is 1. The summed E-state index contributed by atoms with van der Waals surface area (Å²) in [5.41, 5.74) is 0.478. The first-order valence-electron chi connectivity index (χ1n) is 4.54. The molecule has 0 bridgehead atoms. The van der Waals surface area contributed by atoms with E-state index in [1.54, 1.807) is 0 Å². The first kappa shape index (κ1) is 11.1. The summed E-state index contributed by atoms with van der Waals surface area (Å²) in [5.74, 6) is 0. The molecule has 3 heteroatoms. The van der Waals surface area contributed by atoms with E-state index in [1.807, 2.05) is 38.1 Å². The zero-order chi connectivity index (χ0) is 10.6. The lowest BCUT2D eigenvalue weighted by Crippen LogP contribution is -2.31. The largest absolute Gasteiger partial charge is 0.368 e. The topological polar surface area (TPSA) is 35.8 Å². The lowest BCUT2D eigenvalue weighted by molar-refractivity contribution is 0.626. The molecule has 2 nitrogen and oxygen atoms in total. The number of hydrogen-bond acceptors (Lipinski definition) is 2. The summed E-state index contributed by atoms with van der Waals surface area (Å²) in [6.45, 7) is 3.89. The van der Waals surface area contributed by atoms with Crippen molar-refractivity contribution in [1.82, 2.24) is 0 Å². The number of nitrogens with one attached hydrogen (secondary N) is 1. The van der Waals surface area contributed by atoms with Gasteiger partial charge in [-0.3, -0.25) is 0 Å². The molecule has 0 aromatic heterocycles. The molecule has 74 valence electrons. The SMILES string of the molecule is CCC(C)(C#N)Nc1cccc(Br)c1. The Morgan fingerprint density at radius 3 is 2.79 bits per heavy atom. The van der Waals surface area contributed by atoms with Crippen LogP contribution < -0.4 is 5.32 Å². The lowest BCUT2D eigenvalue weighted by atomic mass is 10.0. The van der Waals surface area contributed by atoms with Gasteiger partial charge >= 0.3 is 0 Å². The normalized spacial score (nSPS) is 14.1. The molecule has 0 aliphatic carbocycles. The van der Waals surface area contributed by atoms with Gasteiger partial charge in [0.1, 0.15) is 5.54 Å². The molecule has 1 aromatic rings. The Kier molecular flexibility index (Phi) is 3.54. The van der Waals surface area contributed by atoms with Crippen molar-refractivity contribution in [2.45, 2.75) is 25.8 Å².